The van der Waals surface area contributed by atoms with Gasteiger partial charge in [0.2, 0.25) is 10.0 Å². The second kappa shape index (κ2) is 6.33. The molecule has 0 aliphatic carbocycles. The first kappa shape index (κ1) is 15.9. The number of methoxy groups -OCH3 is 1. The molecule has 1 aromatic carbocycles. The number of hydrogen-bond acceptors (Lipinski definition) is 5. The lowest BCUT2D eigenvalue weighted by Crippen LogP contribution is -2.44. The van der Waals surface area contributed by atoms with E-state index in [0.29, 0.717) is 0 Å². The summed E-state index contributed by atoms with van der Waals surface area (Å²) < 4.78 is 30.5. The number of sulfonamides is 1. The number of aliphatic hydroxyl groups excluding tert-OH is 1. The number of carbonyl (C=O) groups excluding carboxylic acids is 1. The Balaban J connectivity index is 3.07. The number of esters is 1. The molecule has 0 aliphatic rings. The third-order valence-electron chi connectivity index (χ3n) is 2.34. The lowest BCUT2D eigenvalue weighted by Gasteiger charge is -2.15. The number of nitrogens with one attached hydrogen (secondary N) is 1. The van der Waals surface area contributed by atoms with E-state index >= 15 is 0 Å². The van der Waals surface area contributed by atoms with Crippen LogP contribution in [0, 0.1) is 6.92 Å². The highest BCUT2D eigenvalue weighted by Crippen LogP contribution is 2.22. The van der Waals surface area contributed by atoms with Crippen molar-refractivity contribution in [1.82, 2.24) is 4.72 Å². The maximum Gasteiger partial charge on any atom is 0.326 e. The Morgan fingerprint density at radius 3 is 2.63 bits per heavy atom. The third-order valence-corrected chi connectivity index (χ3v) is 4.30. The van der Waals surface area contributed by atoms with E-state index in [4.69, 9.17) is 16.7 Å². The molecule has 19 heavy (non-hydrogen) atoms. The van der Waals surface area contributed by atoms with Gasteiger partial charge in [-0.15, -0.1) is 0 Å². The molecule has 0 spiro atoms. The lowest BCUT2D eigenvalue weighted by molar-refractivity contribution is -0.143. The van der Waals surface area contributed by atoms with Gasteiger partial charge in [-0.3, -0.25) is 4.79 Å². The Bertz CT molecular complexity index is 572. The summed E-state index contributed by atoms with van der Waals surface area (Å²) in [5.74, 6) is -0.880. The van der Waals surface area contributed by atoms with Crippen molar-refractivity contribution in [2.45, 2.75) is 17.9 Å². The molecule has 8 heteroatoms. The number of ether oxygens (including phenoxy) is 1. The fourth-order valence-corrected chi connectivity index (χ4v) is 3.15. The van der Waals surface area contributed by atoms with Gasteiger partial charge in [-0.05, 0) is 24.6 Å². The number of benzene rings is 1. The van der Waals surface area contributed by atoms with Crippen LogP contribution in [0.2, 0.25) is 5.02 Å². The number of halogens is 1. The van der Waals surface area contributed by atoms with Crippen molar-refractivity contribution < 1.29 is 23.1 Å². The molecule has 0 aliphatic heterocycles. The Labute approximate surface area is 116 Å². The zero-order valence-corrected chi connectivity index (χ0v) is 12.0. The van der Waals surface area contributed by atoms with Crippen molar-refractivity contribution >= 4 is 27.6 Å². The van der Waals surface area contributed by atoms with Gasteiger partial charge in [-0.25, -0.2) is 8.42 Å². The number of hydrogen-bond donors (Lipinski definition) is 2. The van der Waals surface area contributed by atoms with Crippen LogP contribution in [0.3, 0.4) is 0 Å². The van der Waals surface area contributed by atoms with Crippen molar-refractivity contribution in [2.24, 2.45) is 0 Å². The molecule has 0 bridgehead atoms. The first-order chi connectivity index (χ1) is 8.81. The topological polar surface area (TPSA) is 92.7 Å². The van der Waals surface area contributed by atoms with Crippen molar-refractivity contribution in [2.75, 3.05) is 13.7 Å². The van der Waals surface area contributed by atoms with Crippen molar-refractivity contribution in [1.29, 1.82) is 0 Å². The van der Waals surface area contributed by atoms with Crippen LogP contribution in [0.5, 0.6) is 0 Å². The lowest BCUT2D eigenvalue weighted by atomic mass is 10.2. The van der Waals surface area contributed by atoms with Gasteiger partial charge in [0, 0.05) is 0 Å². The maximum atomic E-state index is 12.0. The number of aliphatic hydroxyl groups is 1. The highest BCUT2D eigenvalue weighted by molar-refractivity contribution is 7.89. The van der Waals surface area contributed by atoms with Crippen LogP contribution in [0.4, 0.5) is 0 Å². The molecule has 0 saturated heterocycles. The number of carbonyl (C=O) groups is 1. The monoisotopic (exact) mass is 307 g/mol. The minimum atomic E-state index is -4.02. The molecule has 0 aromatic heterocycles. The first-order valence-electron chi connectivity index (χ1n) is 5.29. The molecule has 6 nitrogen and oxygen atoms in total. The van der Waals surface area contributed by atoms with Crippen LogP contribution in [0.15, 0.2) is 23.1 Å². The van der Waals surface area contributed by atoms with E-state index in [9.17, 15) is 13.2 Å². The SMILES string of the molecule is COC(=O)C(CO)NS(=O)(=O)c1ccc(C)cc1Cl. The highest BCUT2D eigenvalue weighted by atomic mass is 35.5. The Kier molecular flexibility index (Phi) is 5.30. The van der Waals surface area contributed by atoms with Crippen molar-refractivity contribution in [3.05, 3.63) is 28.8 Å². The molecule has 0 fully saturated rings. The normalized spacial score (nSPS) is 13.1. The minimum Gasteiger partial charge on any atom is -0.468 e. The van der Waals surface area contributed by atoms with E-state index in [-0.39, 0.29) is 9.92 Å². The molecule has 1 unspecified atom stereocenters. The van der Waals surface area contributed by atoms with E-state index in [1.165, 1.54) is 12.1 Å². The summed E-state index contributed by atoms with van der Waals surface area (Å²) in [4.78, 5) is 11.1. The molecule has 0 amide bonds. The molecule has 0 heterocycles. The van der Waals surface area contributed by atoms with Gasteiger partial charge >= 0.3 is 5.97 Å². The fourth-order valence-electron chi connectivity index (χ4n) is 1.38. The van der Waals surface area contributed by atoms with Gasteiger partial charge in [0.25, 0.3) is 0 Å². The Morgan fingerprint density at radius 1 is 1.53 bits per heavy atom. The summed E-state index contributed by atoms with van der Waals surface area (Å²) >= 11 is 5.86. The summed E-state index contributed by atoms with van der Waals surface area (Å²) in [7, 11) is -2.92. The second-order valence-electron chi connectivity index (χ2n) is 3.81. The molecule has 0 radical (unpaired) electrons. The van der Waals surface area contributed by atoms with E-state index < -0.39 is 28.6 Å². The number of aryl methyl sites for hydroxylation is 1. The van der Waals surface area contributed by atoms with Crippen LogP contribution in [-0.2, 0) is 19.6 Å². The molecule has 106 valence electrons. The molecule has 0 saturated carbocycles. The third kappa shape index (κ3) is 3.90. The van der Waals surface area contributed by atoms with E-state index in [0.717, 1.165) is 12.7 Å². The van der Waals surface area contributed by atoms with Crippen LogP contribution in [0.1, 0.15) is 5.56 Å². The zero-order chi connectivity index (χ0) is 14.6. The highest BCUT2D eigenvalue weighted by Gasteiger charge is 2.27. The van der Waals surface area contributed by atoms with Crippen molar-refractivity contribution in [3.8, 4) is 0 Å². The van der Waals surface area contributed by atoms with E-state index in [1.54, 1.807) is 13.0 Å². The maximum absolute atomic E-state index is 12.0. The molecular formula is C11H14ClNO5S. The Morgan fingerprint density at radius 2 is 2.16 bits per heavy atom. The van der Waals surface area contributed by atoms with E-state index in [1.807, 2.05) is 4.72 Å². The van der Waals surface area contributed by atoms with Crippen LogP contribution in [-0.4, -0.2) is 39.3 Å². The van der Waals surface area contributed by atoms with E-state index in [2.05, 4.69) is 4.74 Å². The summed E-state index contributed by atoms with van der Waals surface area (Å²) in [5.41, 5.74) is 0.802. The van der Waals surface area contributed by atoms with Crippen LogP contribution < -0.4 is 4.72 Å². The standard InChI is InChI=1S/C11H14ClNO5S/c1-7-3-4-10(8(12)5-7)19(16,17)13-9(6-14)11(15)18-2/h3-5,9,13-14H,6H2,1-2H3. The van der Waals surface area contributed by atoms with Gasteiger partial charge in [0.15, 0.2) is 0 Å². The average Bonchev–Trinajstić information content (AvgIpc) is 2.34. The predicted octanol–water partition coefficient (Wildman–Crippen LogP) is 0.461. The summed E-state index contributed by atoms with van der Waals surface area (Å²) in [6, 6.07) is 3.02. The van der Waals surface area contributed by atoms with Crippen molar-refractivity contribution in [3.63, 3.8) is 0 Å². The van der Waals surface area contributed by atoms with Gasteiger partial charge in [-0.1, -0.05) is 17.7 Å². The smallest absolute Gasteiger partial charge is 0.326 e. The zero-order valence-electron chi connectivity index (χ0n) is 10.4. The van der Waals surface area contributed by atoms with Gasteiger partial charge in [-0.2, -0.15) is 4.72 Å². The van der Waals surface area contributed by atoms with Crippen LogP contribution >= 0.6 is 11.6 Å². The van der Waals surface area contributed by atoms with Crippen LogP contribution in [0.25, 0.3) is 0 Å². The summed E-state index contributed by atoms with van der Waals surface area (Å²) in [6.45, 7) is 1.05. The average molecular weight is 308 g/mol. The van der Waals surface area contributed by atoms with Gasteiger partial charge in [0.1, 0.15) is 10.9 Å². The molecule has 2 N–H and O–H groups in total. The first-order valence-corrected chi connectivity index (χ1v) is 7.15. The number of rotatable bonds is 5. The summed E-state index contributed by atoms with van der Waals surface area (Å²) in [5, 5.41) is 9.03. The predicted molar refractivity (Wildman–Crippen MR) is 69.4 cm³/mol. The molecule has 1 atom stereocenters. The largest absolute Gasteiger partial charge is 0.468 e. The molecular weight excluding hydrogens is 294 g/mol. The second-order valence-corrected chi connectivity index (χ2v) is 5.90. The van der Waals surface area contributed by atoms with Gasteiger partial charge < -0.3 is 9.84 Å². The summed E-state index contributed by atoms with van der Waals surface area (Å²) in [6.07, 6.45) is 0. The minimum absolute atomic E-state index is 0.0362. The quantitative estimate of drug-likeness (QED) is 0.771. The Hall–Kier alpha value is -1.15. The van der Waals surface area contributed by atoms with Gasteiger partial charge in [0.05, 0.1) is 18.7 Å². The molecule has 1 aromatic rings. The fraction of sp³-hybridized carbons (Fsp3) is 0.364. The molecule has 1 rings (SSSR count).